The van der Waals surface area contributed by atoms with Crippen molar-refractivity contribution in [1.82, 2.24) is 0 Å². The highest BCUT2D eigenvalue weighted by atomic mass is 16.5. The molecule has 0 aliphatic carbocycles. The third kappa shape index (κ3) is 4.99. The van der Waals surface area contributed by atoms with Crippen LogP contribution in [0.2, 0.25) is 0 Å². The fourth-order valence-electron chi connectivity index (χ4n) is 1.48. The number of allylic oxidation sites excluding steroid dienone is 2. The summed E-state index contributed by atoms with van der Waals surface area (Å²) in [6.07, 6.45) is 3.45. The average Bonchev–Trinajstić information content (AvgIpc) is 2.50. The molecule has 4 nitrogen and oxygen atoms in total. The summed E-state index contributed by atoms with van der Waals surface area (Å²) in [5.74, 6) is 3.60. The van der Waals surface area contributed by atoms with Crippen LogP contribution in [0.1, 0.15) is 12.0 Å². The van der Waals surface area contributed by atoms with Gasteiger partial charge in [-0.3, -0.25) is 9.59 Å². The van der Waals surface area contributed by atoms with Gasteiger partial charge in [0.15, 0.2) is 5.92 Å². The Balaban J connectivity index is 2.60. The maximum absolute atomic E-state index is 11.4. The monoisotopic (exact) mass is 272 g/mol. The van der Waals surface area contributed by atoms with Crippen LogP contribution in [0.5, 0.6) is 0 Å². The number of hydrogen-bond donors (Lipinski definition) is 0. The van der Waals surface area contributed by atoms with Gasteiger partial charge in [0.2, 0.25) is 0 Å². The van der Waals surface area contributed by atoms with Gasteiger partial charge in [-0.25, -0.2) is 0 Å². The van der Waals surface area contributed by atoms with Crippen LogP contribution in [-0.2, 0) is 19.1 Å². The highest BCUT2D eigenvalue weighted by molar-refractivity contribution is 5.94. The number of methoxy groups -OCH3 is 2. The average molecular weight is 272 g/mol. The molecule has 0 fully saturated rings. The van der Waals surface area contributed by atoms with E-state index in [0.717, 1.165) is 5.56 Å². The Morgan fingerprint density at radius 2 is 1.75 bits per heavy atom. The first kappa shape index (κ1) is 15.5. The second kappa shape index (κ2) is 8.54. The molecule has 0 radical (unpaired) electrons. The Morgan fingerprint density at radius 1 is 1.15 bits per heavy atom. The van der Waals surface area contributed by atoms with E-state index in [1.807, 2.05) is 30.3 Å². The van der Waals surface area contributed by atoms with Crippen molar-refractivity contribution in [2.24, 2.45) is 5.92 Å². The lowest BCUT2D eigenvalue weighted by molar-refractivity contribution is -0.158. The number of carbonyl (C=O) groups is 2. The molecule has 0 spiro atoms. The number of benzene rings is 1. The van der Waals surface area contributed by atoms with Crippen molar-refractivity contribution >= 4 is 11.9 Å². The summed E-state index contributed by atoms with van der Waals surface area (Å²) >= 11 is 0. The lowest BCUT2D eigenvalue weighted by Gasteiger charge is -2.09. The van der Waals surface area contributed by atoms with Gasteiger partial charge >= 0.3 is 11.9 Å². The maximum atomic E-state index is 11.4. The Kier molecular flexibility index (Phi) is 6.63. The first-order valence-electron chi connectivity index (χ1n) is 6.06. The first-order valence-corrected chi connectivity index (χ1v) is 6.06. The minimum Gasteiger partial charge on any atom is -0.468 e. The van der Waals surface area contributed by atoms with Crippen molar-refractivity contribution in [2.75, 3.05) is 14.2 Å². The van der Waals surface area contributed by atoms with Crippen LogP contribution in [0.3, 0.4) is 0 Å². The molecular weight excluding hydrogens is 256 g/mol. The molecule has 0 N–H and O–H groups in total. The van der Waals surface area contributed by atoms with Crippen LogP contribution in [-0.4, -0.2) is 26.2 Å². The van der Waals surface area contributed by atoms with Gasteiger partial charge in [-0.05, 0) is 24.6 Å². The van der Waals surface area contributed by atoms with Crippen molar-refractivity contribution in [3.8, 4) is 11.8 Å². The Morgan fingerprint density at radius 3 is 2.30 bits per heavy atom. The quantitative estimate of drug-likeness (QED) is 0.477. The molecule has 4 heteroatoms. The van der Waals surface area contributed by atoms with E-state index in [4.69, 9.17) is 0 Å². The molecule has 0 aromatic heterocycles. The van der Waals surface area contributed by atoms with Crippen molar-refractivity contribution < 1.29 is 19.1 Å². The molecule has 0 aliphatic heterocycles. The minimum atomic E-state index is -0.945. The Labute approximate surface area is 118 Å². The van der Waals surface area contributed by atoms with Gasteiger partial charge in [0.1, 0.15) is 0 Å². The normalized spacial score (nSPS) is 9.95. The molecule has 0 saturated carbocycles. The molecule has 0 atom stereocenters. The van der Waals surface area contributed by atoms with Gasteiger partial charge < -0.3 is 9.47 Å². The van der Waals surface area contributed by atoms with E-state index >= 15 is 0 Å². The van der Waals surface area contributed by atoms with Crippen LogP contribution in [0, 0.1) is 17.8 Å². The molecule has 104 valence electrons. The number of esters is 2. The van der Waals surface area contributed by atoms with E-state index in [9.17, 15) is 9.59 Å². The molecule has 1 aromatic rings. The standard InChI is InChI=1S/C16H16O4/c1-19-15(17)14(16(18)20-2)12-8-4-7-11-13-9-5-3-6-10-13/h3-6,8-10,14H,12H2,1-2H3/b8-4+. The molecule has 0 unspecified atom stereocenters. The van der Waals surface area contributed by atoms with Crippen LogP contribution in [0.4, 0.5) is 0 Å². The zero-order valence-corrected chi connectivity index (χ0v) is 11.5. The van der Waals surface area contributed by atoms with Gasteiger partial charge in [0, 0.05) is 5.56 Å². The van der Waals surface area contributed by atoms with Crippen LogP contribution >= 0.6 is 0 Å². The maximum Gasteiger partial charge on any atom is 0.320 e. The predicted octanol–water partition coefficient (Wildman–Crippen LogP) is 1.95. The molecule has 0 saturated heterocycles. The van der Waals surface area contributed by atoms with E-state index in [1.165, 1.54) is 14.2 Å². The lowest BCUT2D eigenvalue weighted by Crippen LogP contribution is -2.25. The minimum absolute atomic E-state index is 0.197. The zero-order valence-electron chi connectivity index (χ0n) is 11.5. The molecule has 1 rings (SSSR count). The molecule has 1 aromatic carbocycles. The largest absolute Gasteiger partial charge is 0.468 e. The van der Waals surface area contributed by atoms with Crippen molar-refractivity contribution in [2.45, 2.75) is 6.42 Å². The number of carbonyl (C=O) groups excluding carboxylic acids is 2. The summed E-state index contributed by atoms with van der Waals surface area (Å²) in [7, 11) is 2.47. The summed E-state index contributed by atoms with van der Waals surface area (Å²) in [6, 6.07) is 9.51. The summed E-state index contributed by atoms with van der Waals surface area (Å²) < 4.78 is 9.10. The summed E-state index contributed by atoms with van der Waals surface area (Å²) in [5.41, 5.74) is 0.898. The highest BCUT2D eigenvalue weighted by Gasteiger charge is 2.26. The fraction of sp³-hybridized carbons (Fsp3) is 0.250. The van der Waals surface area contributed by atoms with E-state index in [2.05, 4.69) is 21.3 Å². The molecule has 0 amide bonds. The van der Waals surface area contributed by atoms with E-state index < -0.39 is 17.9 Å². The van der Waals surface area contributed by atoms with Crippen LogP contribution in [0.25, 0.3) is 0 Å². The number of rotatable bonds is 4. The van der Waals surface area contributed by atoms with Gasteiger partial charge in [-0.1, -0.05) is 36.1 Å². The van der Waals surface area contributed by atoms with Gasteiger partial charge in [-0.2, -0.15) is 0 Å². The summed E-state index contributed by atoms with van der Waals surface area (Å²) in [6.45, 7) is 0. The number of hydrogen-bond acceptors (Lipinski definition) is 4. The molecule has 0 aliphatic rings. The van der Waals surface area contributed by atoms with Gasteiger partial charge in [0.05, 0.1) is 14.2 Å². The zero-order chi connectivity index (χ0) is 14.8. The van der Waals surface area contributed by atoms with Crippen LogP contribution in [0.15, 0.2) is 42.5 Å². The second-order valence-corrected chi connectivity index (χ2v) is 3.87. The summed E-state index contributed by atoms with van der Waals surface area (Å²) in [4.78, 5) is 22.8. The predicted molar refractivity (Wildman–Crippen MR) is 74.6 cm³/mol. The summed E-state index contributed by atoms with van der Waals surface area (Å²) in [5, 5.41) is 0. The SMILES string of the molecule is COC(=O)C(C/C=C/C#Cc1ccccc1)C(=O)OC. The van der Waals surface area contributed by atoms with E-state index in [-0.39, 0.29) is 6.42 Å². The molecule has 20 heavy (non-hydrogen) atoms. The van der Waals surface area contributed by atoms with Crippen molar-refractivity contribution in [3.63, 3.8) is 0 Å². The lowest BCUT2D eigenvalue weighted by atomic mass is 10.1. The van der Waals surface area contributed by atoms with Gasteiger partial charge in [0.25, 0.3) is 0 Å². The van der Waals surface area contributed by atoms with E-state index in [0.29, 0.717) is 0 Å². The third-order valence-electron chi connectivity index (χ3n) is 2.53. The Bertz CT molecular complexity index is 519. The topological polar surface area (TPSA) is 52.6 Å². The van der Waals surface area contributed by atoms with Crippen molar-refractivity contribution in [1.29, 1.82) is 0 Å². The van der Waals surface area contributed by atoms with Crippen LogP contribution < -0.4 is 0 Å². The molecule has 0 bridgehead atoms. The third-order valence-corrected chi connectivity index (χ3v) is 2.53. The Hall–Kier alpha value is -2.54. The number of ether oxygens (including phenoxy) is 2. The van der Waals surface area contributed by atoms with Gasteiger partial charge in [-0.15, -0.1) is 0 Å². The van der Waals surface area contributed by atoms with Crippen molar-refractivity contribution in [3.05, 3.63) is 48.0 Å². The smallest absolute Gasteiger partial charge is 0.320 e. The highest BCUT2D eigenvalue weighted by Crippen LogP contribution is 2.08. The van der Waals surface area contributed by atoms with E-state index in [1.54, 1.807) is 12.2 Å². The second-order valence-electron chi connectivity index (χ2n) is 3.87. The molecular formula is C16H16O4. The first-order chi connectivity index (χ1) is 9.69. The fourth-order valence-corrected chi connectivity index (χ4v) is 1.48. The molecule has 0 heterocycles.